The molecule has 2 fully saturated rings. The van der Waals surface area contributed by atoms with E-state index < -0.39 is 0 Å². The van der Waals surface area contributed by atoms with Crippen LogP contribution in [0.3, 0.4) is 0 Å². The monoisotopic (exact) mass is 269 g/mol. The summed E-state index contributed by atoms with van der Waals surface area (Å²) < 4.78 is 4.95. The van der Waals surface area contributed by atoms with Gasteiger partial charge in [-0.15, -0.1) is 0 Å². The molecule has 0 aromatic heterocycles. The highest BCUT2D eigenvalue weighted by Gasteiger charge is 2.26. The molecule has 0 spiro atoms. The fourth-order valence-corrected chi connectivity index (χ4v) is 2.64. The molecular formula is C13H23N3O3. The van der Waals surface area contributed by atoms with Gasteiger partial charge in [0.05, 0.1) is 6.61 Å². The summed E-state index contributed by atoms with van der Waals surface area (Å²) in [5.74, 6) is 0. The van der Waals surface area contributed by atoms with Crippen LogP contribution >= 0.6 is 0 Å². The molecule has 2 rings (SSSR count). The van der Waals surface area contributed by atoms with Gasteiger partial charge < -0.3 is 19.9 Å². The van der Waals surface area contributed by atoms with E-state index in [4.69, 9.17) is 4.74 Å². The molecule has 0 unspecified atom stereocenters. The van der Waals surface area contributed by atoms with Gasteiger partial charge in [-0.25, -0.2) is 9.59 Å². The van der Waals surface area contributed by atoms with Crippen molar-refractivity contribution >= 4 is 12.1 Å². The predicted octanol–water partition coefficient (Wildman–Crippen LogP) is 1.41. The van der Waals surface area contributed by atoms with Crippen molar-refractivity contribution in [3.05, 3.63) is 0 Å². The molecule has 108 valence electrons. The summed E-state index contributed by atoms with van der Waals surface area (Å²) in [6.07, 6.45) is 4.32. The molecule has 6 nitrogen and oxygen atoms in total. The van der Waals surface area contributed by atoms with Crippen LogP contribution in [0.4, 0.5) is 9.59 Å². The lowest BCUT2D eigenvalue weighted by molar-refractivity contribution is 0.0848. The Balaban J connectivity index is 1.72. The second-order valence-corrected chi connectivity index (χ2v) is 5.10. The third-order valence-electron chi connectivity index (χ3n) is 3.78. The quantitative estimate of drug-likeness (QED) is 0.824. The molecule has 0 bridgehead atoms. The predicted molar refractivity (Wildman–Crippen MR) is 71.0 cm³/mol. The second kappa shape index (κ2) is 6.63. The van der Waals surface area contributed by atoms with Crippen LogP contribution in [-0.2, 0) is 4.74 Å². The van der Waals surface area contributed by atoms with Crippen molar-refractivity contribution in [2.24, 2.45) is 0 Å². The van der Waals surface area contributed by atoms with E-state index in [1.165, 1.54) is 12.8 Å². The van der Waals surface area contributed by atoms with E-state index in [2.05, 4.69) is 5.32 Å². The van der Waals surface area contributed by atoms with E-state index in [1.54, 1.807) is 16.7 Å². The molecule has 19 heavy (non-hydrogen) atoms. The number of piperazine rings is 1. The number of hydrogen-bond acceptors (Lipinski definition) is 3. The molecule has 1 heterocycles. The van der Waals surface area contributed by atoms with Crippen LogP contribution in [0.2, 0.25) is 0 Å². The highest BCUT2D eigenvalue weighted by Crippen LogP contribution is 2.18. The summed E-state index contributed by atoms with van der Waals surface area (Å²) in [7, 11) is 0. The van der Waals surface area contributed by atoms with Gasteiger partial charge in [-0.2, -0.15) is 0 Å². The van der Waals surface area contributed by atoms with Gasteiger partial charge >= 0.3 is 12.1 Å². The molecule has 1 saturated heterocycles. The Morgan fingerprint density at radius 1 is 1.11 bits per heavy atom. The van der Waals surface area contributed by atoms with E-state index >= 15 is 0 Å². The van der Waals surface area contributed by atoms with Crippen LogP contribution in [0.1, 0.15) is 32.6 Å². The zero-order chi connectivity index (χ0) is 13.7. The third kappa shape index (κ3) is 3.75. The normalized spacial score (nSPS) is 20.5. The summed E-state index contributed by atoms with van der Waals surface area (Å²) in [5, 5.41) is 3.07. The average Bonchev–Trinajstić information content (AvgIpc) is 2.92. The molecule has 0 aromatic rings. The van der Waals surface area contributed by atoms with E-state index in [0.717, 1.165) is 12.8 Å². The van der Waals surface area contributed by atoms with Crippen molar-refractivity contribution in [1.29, 1.82) is 0 Å². The standard InChI is InChI=1S/C13H23N3O3/c1-2-19-13(18)16-9-7-15(8-10-16)12(17)14-11-5-3-4-6-11/h11H,2-10H2,1H3,(H,14,17). The zero-order valence-electron chi connectivity index (χ0n) is 11.6. The van der Waals surface area contributed by atoms with Gasteiger partial charge in [0.2, 0.25) is 0 Å². The number of rotatable bonds is 2. The van der Waals surface area contributed by atoms with Gasteiger partial charge in [-0.3, -0.25) is 0 Å². The first kappa shape index (κ1) is 14.0. The maximum Gasteiger partial charge on any atom is 0.409 e. The summed E-state index contributed by atoms with van der Waals surface area (Å²) in [6.45, 7) is 4.45. The average molecular weight is 269 g/mol. The third-order valence-corrected chi connectivity index (χ3v) is 3.78. The lowest BCUT2D eigenvalue weighted by Gasteiger charge is -2.34. The molecule has 1 aliphatic carbocycles. The topological polar surface area (TPSA) is 61.9 Å². The van der Waals surface area contributed by atoms with Gasteiger partial charge in [0.1, 0.15) is 0 Å². The number of ether oxygens (including phenoxy) is 1. The van der Waals surface area contributed by atoms with Crippen LogP contribution in [-0.4, -0.2) is 60.8 Å². The van der Waals surface area contributed by atoms with Crippen LogP contribution in [0.25, 0.3) is 0 Å². The SMILES string of the molecule is CCOC(=O)N1CCN(C(=O)NC2CCCC2)CC1. The minimum absolute atomic E-state index is 0.00964. The molecule has 2 aliphatic rings. The van der Waals surface area contributed by atoms with Gasteiger partial charge in [-0.1, -0.05) is 12.8 Å². The summed E-state index contributed by atoms with van der Waals surface area (Å²) in [4.78, 5) is 27.0. The van der Waals surface area contributed by atoms with Crippen molar-refractivity contribution < 1.29 is 14.3 Å². The Labute approximate surface area is 114 Å². The molecule has 1 saturated carbocycles. The van der Waals surface area contributed by atoms with Crippen molar-refractivity contribution in [3.63, 3.8) is 0 Å². The van der Waals surface area contributed by atoms with Crippen LogP contribution in [0.5, 0.6) is 0 Å². The summed E-state index contributed by atoms with van der Waals surface area (Å²) in [5.41, 5.74) is 0. The second-order valence-electron chi connectivity index (χ2n) is 5.10. The van der Waals surface area contributed by atoms with Crippen molar-refractivity contribution in [3.8, 4) is 0 Å². The van der Waals surface area contributed by atoms with Gasteiger partial charge in [-0.05, 0) is 19.8 Å². The lowest BCUT2D eigenvalue weighted by atomic mass is 10.2. The smallest absolute Gasteiger partial charge is 0.409 e. The van der Waals surface area contributed by atoms with Gasteiger partial charge in [0, 0.05) is 32.2 Å². The Morgan fingerprint density at radius 2 is 1.68 bits per heavy atom. The molecule has 0 radical (unpaired) electrons. The van der Waals surface area contributed by atoms with Crippen molar-refractivity contribution in [1.82, 2.24) is 15.1 Å². The summed E-state index contributed by atoms with van der Waals surface area (Å²) >= 11 is 0. The number of carbonyl (C=O) groups excluding carboxylic acids is 2. The first-order valence-electron chi connectivity index (χ1n) is 7.18. The number of nitrogens with zero attached hydrogens (tertiary/aromatic N) is 2. The molecule has 0 atom stereocenters. The number of amides is 3. The Morgan fingerprint density at radius 3 is 2.26 bits per heavy atom. The fourth-order valence-electron chi connectivity index (χ4n) is 2.64. The van der Waals surface area contributed by atoms with Crippen molar-refractivity contribution in [2.45, 2.75) is 38.6 Å². The Bertz CT molecular complexity index is 321. The molecular weight excluding hydrogens is 246 g/mol. The Kier molecular flexibility index (Phi) is 4.87. The zero-order valence-corrected chi connectivity index (χ0v) is 11.6. The fraction of sp³-hybridized carbons (Fsp3) is 0.846. The maximum absolute atomic E-state index is 12.0. The van der Waals surface area contributed by atoms with Gasteiger partial charge in [0.25, 0.3) is 0 Å². The van der Waals surface area contributed by atoms with Crippen molar-refractivity contribution in [2.75, 3.05) is 32.8 Å². The molecule has 0 aromatic carbocycles. The first-order chi connectivity index (χ1) is 9.20. The number of nitrogens with one attached hydrogen (secondary N) is 1. The molecule has 6 heteroatoms. The number of hydrogen-bond donors (Lipinski definition) is 1. The van der Waals surface area contributed by atoms with Crippen LogP contribution < -0.4 is 5.32 Å². The highest BCUT2D eigenvalue weighted by atomic mass is 16.6. The number of urea groups is 1. The minimum Gasteiger partial charge on any atom is -0.450 e. The minimum atomic E-state index is -0.279. The Hall–Kier alpha value is -1.46. The molecule has 3 amide bonds. The largest absolute Gasteiger partial charge is 0.450 e. The maximum atomic E-state index is 12.0. The molecule has 1 N–H and O–H groups in total. The lowest BCUT2D eigenvalue weighted by Crippen LogP contribution is -2.54. The van der Waals surface area contributed by atoms with Crippen LogP contribution in [0, 0.1) is 0 Å². The van der Waals surface area contributed by atoms with E-state index in [9.17, 15) is 9.59 Å². The van der Waals surface area contributed by atoms with E-state index in [1.807, 2.05) is 0 Å². The van der Waals surface area contributed by atoms with Gasteiger partial charge in [0.15, 0.2) is 0 Å². The highest BCUT2D eigenvalue weighted by molar-refractivity contribution is 5.75. The summed E-state index contributed by atoms with van der Waals surface area (Å²) in [6, 6.07) is 0.353. The first-order valence-corrected chi connectivity index (χ1v) is 7.18. The number of carbonyl (C=O) groups is 2. The van der Waals surface area contributed by atoms with E-state index in [-0.39, 0.29) is 12.1 Å². The molecule has 1 aliphatic heterocycles. The van der Waals surface area contributed by atoms with Crippen LogP contribution in [0.15, 0.2) is 0 Å². The van der Waals surface area contributed by atoms with E-state index in [0.29, 0.717) is 38.8 Å².